The summed E-state index contributed by atoms with van der Waals surface area (Å²) in [4.78, 5) is 50.7. The van der Waals surface area contributed by atoms with E-state index >= 15 is 0 Å². The maximum atomic E-state index is 13.5. The summed E-state index contributed by atoms with van der Waals surface area (Å²) >= 11 is 6.05. The first-order valence-electron chi connectivity index (χ1n) is 12.5. The molecule has 0 spiro atoms. The van der Waals surface area contributed by atoms with Crippen LogP contribution in [0.4, 0.5) is 9.59 Å². The van der Waals surface area contributed by atoms with Crippen molar-refractivity contribution in [2.45, 2.75) is 72.4 Å². The van der Waals surface area contributed by atoms with Crippen molar-refractivity contribution in [1.29, 1.82) is 0 Å². The summed E-state index contributed by atoms with van der Waals surface area (Å²) in [6, 6.07) is 6.61. The molecule has 0 saturated carbocycles. The number of likely N-dealkylation sites (tertiary alicyclic amines) is 1. The molecular formula is C27H40ClN3O6. The highest BCUT2D eigenvalue weighted by Gasteiger charge is 2.40. The molecule has 1 aromatic carbocycles. The molecule has 0 bridgehead atoms. The van der Waals surface area contributed by atoms with Gasteiger partial charge in [-0.15, -0.1) is 0 Å². The molecule has 1 saturated heterocycles. The summed E-state index contributed by atoms with van der Waals surface area (Å²) in [7, 11) is 0. The van der Waals surface area contributed by atoms with E-state index < -0.39 is 23.8 Å². The van der Waals surface area contributed by atoms with Crippen LogP contribution in [-0.4, -0.2) is 66.7 Å². The van der Waals surface area contributed by atoms with Gasteiger partial charge in [-0.3, -0.25) is 9.59 Å². The van der Waals surface area contributed by atoms with Gasteiger partial charge in [-0.05, 0) is 62.1 Å². The summed E-state index contributed by atoms with van der Waals surface area (Å²) in [6.07, 6.45) is -0.190. The van der Waals surface area contributed by atoms with Gasteiger partial charge in [0.1, 0.15) is 11.6 Å². The lowest BCUT2D eigenvalue weighted by Crippen LogP contribution is -2.58. The Hall–Kier alpha value is -2.81. The van der Waals surface area contributed by atoms with Gasteiger partial charge in [-0.25, -0.2) is 9.59 Å². The molecule has 1 aromatic rings. The van der Waals surface area contributed by atoms with Crippen molar-refractivity contribution in [2.75, 3.05) is 26.2 Å². The number of carbonyl (C=O) groups excluding carboxylic acids is 4. The van der Waals surface area contributed by atoms with Crippen molar-refractivity contribution in [3.05, 3.63) is 34.9 Å². The van der Waals surface area contributed by atoms with Crippen LogP contribution in [0.3, 0.4) is 0 Å². The van der Waals surface area contributed by atoms with Crippen molar-refractivity contribution in [3.63, 3.8) is 0 Å². The highest BCUT2D eigenvalue weighted by molar-refractivity contribution is 6.30. The summed E-state index contributed by atoms with van der Waals surface area (Å²) in [5, 5.41) is 6.13. The molecule has 37 heavy (non-hydrogen) atoms. The highest BCUT2D eigenvalue weighted by atomic mass is 35.5. The molecule has 1 fully saturated rings. The van der Waals surface area contributed by atoms with E-state index in [1.54, 1.807) is 13.8 Å². The van der Waals surface area contributed by atoms with Gasteiger partial charge in [-0.2, -0.15) is 0 Å². The molecule has 206 valence electrons. The molecular weight excluding hydrogens is 498 g/mol. The van der Waals surface area contributed by atoms with Crippen molar-refractivity contribution in [1.82, 2.24) is 15.5 Å². The Morgan fingerprint density at radius 1 is 1.16 bits per heavy atom. The number of ketones is 1. The molecule has 3 amide bonds. The Morgan fingerprint density at radius 3 is 2.32 bits per heavy atom. The van der Waals surface area contributed by atoms with Gasteiger partial charge in [0.25, 0.3) is 0 Å². The van der Waals surface area contributed by atoms with E-state index in [0.717, 1.165) is 6.42 Å². The second-order valence-electron chi connectivity index (χ2n) is 11.3. The van der Waals surface area contributed by atoms with Crippen LogP contribution < -0.4 is 10.6 Å². The molecule has 0 aliphatic carbocycles. The Bertz CT molecular complexity index is 977. The van der Waals surface area contributed by atoms with Crippen LogP contribution in [0.1, 0.15) is 66.4 Å². The number of Topliss-reactive ketones (excluding diaryl/α,β-unsaturated/α-hetero) is 1. The standard InChI is InChI=1S/C27H40ClN3O6/c1-17(2)22(30-24(34)29-15-27(6,7)37-25(35)36-14-18(3)32)23(33)31-13-12-21(26(4,5)16-31)19-8-10-20(28)11-9-19/h8-11,17,21-22H,12-16H2,1-7H3,(H2,29,30,34). The predicted molar refractivity (Wildman–Crippen MR) is 142 cm³/mol. The topological polar surface area (TPSA) is 114 Å². The minimum absolute atomic E-state index is 0.0213. The van der Waals surface area contributed by atoms with Crippen molar-refractivity contribution < 1.29 is 28.7 Å². The zero-order valence-corrected chi connectivity index (χ0v) is 23.6. The van der Waals surface area contributed by atoms with Gasteiger partial charge in [0.05, 0.1) is 6.54 Å². The molecule has 1 aliphatic rings. The first kappa shape index (κ1) is 30.4. The highest BCUT2D eigenvalue weighted by Crippen LogP contribution is 2.42. The number of amides is 3. The number of hydrogen-bond acceptors (Lipinski definition) is 6. The number of benzene rings is 1. The third-order valence-electron chi connectivity index (χ3n) is 6.46. The second-order valence-corrected chi connectivity index (χ2v) is 11.7. The maximum absolute atomic E-state index is 13.5. The fraction of sp³-hybridized carbons (Fsp3) is 0.630. The lowest BCUT2D eigenvalue weighted by atomic mass is 9.70. The first-order valence-corrected chi connectivity index (χ1v) is 12.9. The average molecular weight is 538 g/mol. The van der Waals surface area contributed by atoms with Crippen molar-refractivity contribution in [3.8, 4) is 0 Å². The number of nitrogens with one attached hydrogen (secondary N) is 2. The van der Waals surface area contributed by atoms with Crippen LogP contribution in [0.15, 0.2) is 24.3 Å². The molecule has 1 heterocycles. The van der Waals surface area contributed by atoms with E-state index in [0.29, 0.717) is 18.1 Å². The van der Waals surface area contributed by atoms with Crippen LogP contribution in [0, 0.1) is 11.3 Å². The zero-order chi connectivity index (χ0) is 28.0. The molecule has 1 aliphatic heterocycles. The monoisotopic (exact) mass is 537 g/mol. The van der Waals surface area contributed by atoms with Crippen LogP contribution in [0.25, 0.3) is 0 Å². The Balaban J connectivity index is 1.96. The number of nitrogens with zero attached hydrogens (tertiary/aromatic N) is 1. The molecule has 9 nitrogen and oxygen atoms in total. The third-order valence-corrected chi connectivity index (χ3v) is 6.71. The van der Waals surface area contributed by atoms with E-state index in [9.17, 15) is 19.2 Å². The summed E-state index contributed by atoms with van der Waals surface area (Å²) < 4.78 is 9.87. The normalized spacial score (nSPS) is 18.1. The maximum Gasteiger partial charge on any atom is 0.509 e. The Kier molecular flexibility index (Phi) is 10.4. The molecule has 2 unspecified atom stereocenters. The van der Waals surface area contributed by atoms with Gasteiger partial charge in [-0.1, -0.05) is 51.4 Å². The van der Waals surface area contributed by atoms with Crippen LogP contribution >= 0.6 is 11.6 Å². The van der Waals surface area contributed by atoms with E-state index in [2.05, 4.69) is 24.5 Å². The Morgan fingerprint density at radius 2 is 1.78 bits per heavy atom. The number of halogens is 1. The number of rotatable bonds is 9. The van der Waals surface area contributed by atoms with Crippen LogP contribution in [0.2, 0.25) is 5.02 Å². The molecule has 0 radical (unpaired) electrons. The number of carbonyl (C=O) groups is 4. The number of urea groups is 1. The van der Waals surface area contributed by atoms with Gasteiger partial charge in [0.2, 0.25) is 5.91 Å². The minimum atomic E-state index is -1.09. The van der Waals surface area contributed by atoms with Gasteiger partial charge in [0, 0.05) is 18.1 Å². The fourth-order valence-electron chi connectivity index (χ4n) is 4.51. The summed E-state index contributed by atoms with van der Waals surface area (Å²) in [5.74, 6) is -0.293. The molecule has 2 N–H and O–H groups in total. The predicted octanol–water partition coefficient (Wildman–Crippen LogP) is 4.53. The average Bonchev–Trinajstić information content (AvgIpc) is 2.79. The first-order chi connectivity index (χ1) is 17.1. The van der Waals surface area contributed by atoms with Crippen molar-refractivity contribution in [2.24, 2.45) is 11.3 Å². The molecule has 0 aromatic heterocycles. The smallest absolute Gasteiger partial charge is 0.426 e. The number of hydrogen-bond donors (Lipinski definition) is 2. The molecule has 2 rings (SSSR count). The number of ether oxygens (including phenoxy) is 2. The fourth-order valence-corrected chi connectivity index (χ4v) is 4.63. The third kappa shape index (κ3) is 9.22. The molecule has 2 atom stereocenters. The molecule has 10 heteroatoms. The lowest BCUT2D eigenvalue weighted by molar-refractivity contribution is -0.137. The largest absolute Gasteiger partial charge is 0.509 e. The van der Waals surface area contributed by atoms with E-state index in [4.69, 9.17) is 21.1 Å². The van der Waals surface area contributed by atoms with E-state index in [1.165, 1.54) is 12.5 Å². The minimum Gasteiger partial charge on any atom is -0.426 e. The quantitative estimate of drug-likeness (QED) is 0.447. The van der Waals surface area contributed by atoms with Crippen molar-refractivity contribution >= 4 is 35.5 Å². The zero-order valence-electron chi connectivity index (χ0n) is 22.9. The van der Waals surface area contributed by atoms with Gasteiger partial charge in [0.15, 0.2) is 12.4 Å². The van der Waals surface area contributed by atoms with E-state index in [-0.39, 0.29) is 42.1 Å². The van der Waals surface area contributed by atoms with E-state index in [1.807, 2.05) is 43.0 Å². The summed E-state index contributed by atoms with van der Waals surface area (Å²) in [5.41, 5.74) is -0.0468. The number of piperidine rings is 1. The van der Waals surface area contributed by atoms with Crippen LogP contribution in [-0.2, 0) is 19.1 Å². The Labute approximate surface area is 224 Å². The lowest BCUT2D eigenvalue weighted by Gasteiger charge is -2.45. The SMILES string of the molecule is CC(=O)COC(=O)OC(C)(C)CNC(=O)NC(C(=O)N1CCC(c2ccc(Cl)cc2)C(C)(C)C1)C(C)C. The van der Waals surface area contributed by atoms with Gasteiger partial charge >= 0.3 is 12.2 Å². The van der Waals surface area contributed by atoms with Gasteiger partial charge < -0.3 is 25.0 Å². The second kappa shape index (κ2) is 12.6. The summed E-state index contributed by atoms with van der Waals surface area (Å²) in [6.45, 7) is 13.3. The van der Waals surface area contributed by atoms with Crippen LogP contribution in [0.5, 0.6) is 0 Å².